The van der Waals surface area contributed by atoms with E-state index in [1.54, 1.807) is 0 Å². The fraction of sp³-hybridized carbons (Fsp3) is 0.643. The molecule has 0 aliphatic carbocycles. The summed E-state index contributed by atoms with van der Waals surface area (Å²) in [5.74, 6) is 2.53. The summed E-state index contributed by atoms with van der Waals surface area (Å²) >= 11 is 5.91. The van der Waals surface area contributed by atoms with Gasteiger partial charge < -0.3 is 4.90 Å². The van der Waals surface area contributed by atoms with Gasteiger partial charge in [-0.25, -0.2) is 4.98 Å². The molecule has 1 aliphatic heterocycles. The Morgan fingerprint density at radius 3 is 3.00 bits per heavy atom. The van der Waals surface area contributed by atoms with E-state index in [0.29, 0.717) is 5.88 Å². The van der Waals surface area contributed by atoms with Crippen LogP contribution in [0.2, 0.25) is 0 Å². The van der Waals surface area contributed by atoms with Gasteiger partial charge in [0.25, 0.3) is 0 Å². The molecule has 1 saturated heterocycles. The second kappa shape index (κ2) is 5.72. The van der Waals surface area contributed by atoms with Crippen LogP contribution < -0.4 is 4.90 Å². The predicted octanol–water partition coefficient (Wildman–Crippen LogP) is 3.76. The Morgan fingerprint density at radius 2 is 2.29 bits per heavy atom. The van der Waals surface area contributed by atoms with Gasteiger partial charge in [0.15, 0.2) is 0 Å². The summed E-state index contributed by atoms with van der Waals surface area (Å²) in [7, 11) is 0. The van der Waals surface area contributed by atoms with Gasteiger partial charge in [-0.05, 0) is 43.4 Å². The summed E-state index contributed by atoms with van der Waals surface area (Å²) in [6, 6.07) is 4.20. The van der Waals surface area contributed by atoms with Gasteiger partial charge in [0.05, 0.1) is 0 Å². The first-order valence-corrected chi connectivity index (χ1v) is 7.05. The standard InChI is InChI=1S/C14H21ClN2/c1-3-4-12-5-6-17(10-12)14-8-13(9-15)7-11(2)16-14/h7-8,12H,3-6,9-10H2,1-2H3. The van der Waals surface area contributed by atoms with Crippen molar-refractivity contribution in [2.75, 3.05) is 18.0 Å². The van der Waals surface area contributed by atoms with Gasteiger partial charge in [-0.3, -0.25) is 0 Å². The van der Waals surface area contributed by atoms with Crippen molar-refractivity contribution in [3.63, 3.8) is 0 Å². The fourth-order valence-corrected chi connectivity index (χ4v) is 2.80. The highest BCUT2D eigenvalue weighted by molar-refractivity contribution is 6.17. The number of nitrogens with zero attached hydrogens (tertiary/aromatic N) is 2. The highest BCUT2D eigenvalue weighted by Gasteiger charge is 2.22. The summed E-state index contributed by atoms with van der Waals surface area (Å²) in [4.78, 5) is 7.03. The summed E-state index contributed by atoms with van der Waals surface area (Å²) < 4.78 is 0. The van der Waals surface area contributed by atoms with Gasteiger partial charge in [0, 0.05) is 24.7 Å². The molecule has 1 atom stereocenters. The van der Waals surface area contributed by atoms with Crippen LogP contribution in [-0.2, 0) is 5.88 Å². The maximum Gasteiger partial charge on any atom is 0.129 e. The molecule has 1 aromatic rings. The Bertz CT molecular complexity index is 378. The van der Waals surface area contributed by atoms with Crippen LogP contribution in [0.4, 0.5) is 5.82 Å². The highest BCUT2D eigenvalue weighted by Crippen LogP contribution is 2.26. The zero-order valence-corrected chi connectivity index (χ0v) is 11.5. The first kappa shape index (κ1) is 12.7. The number of pyridine rings is 1. The van der Waals surface area contributed by atoms with Gasteiger partial charge in [-0.2, -0.15) is 0 Å². The van der Waals surface area contributed by atoms with Gasteiger partial charge >= 0.3 is 0 Å². The van der Waals surface area contributed by atoms with Crippen LogP contribution in [0.15, 0.2) is 12.1 Å². The van der Waals surface area contributed by atoms with Crippen LogP contribution in [0.5, 0.6) is 0 Å². The number of halogens is 1. The Labute approximate surface area is 109 Å². The second-order valence-corrected chi connectivity index (χ2v) is 5.27. The molecule has 2 heterocycles. The number of aromatic nitrogens is 1. The molecule has 0 radical (unpaired) electrons. The lowest BCUT2D eigenvalue weighted by Crippen LogP contribution is -2.21. The summed E-state index contributed by atoms with van der Waals surface area (Å²) in [6.07, 6.45) is 3.93. The quantitative estimate of drug-likeness (QED) is 0.759. The molecule has 1 aromatic heterocycles. The van der Waals surface area contributed by atoms with Crippen molar-refractivity contribution >= 4 is 17.4 Å². The van der Waals surface area contributed by atoms with Crippen molar-refractivity contribution < 1.29 is 0 Å². The average molecular weight is 253 g/mol. The molecule has 0 saturated carbocycles. The fourth-order valence-electron chi connectivity index (χ4n) is 2.64. The monoisotopic (exact) mass is 252 g/mol. The lowest BCUT2D eigenvalue weighted by atomic mass is 10.0. The molecule has 0 bridgehead atoms. The third-order valence-corrected chi connectivity index (χ3v) is 3.77. The molecular weight excluding hydrogens is 232 g/mol. The molecule has 3 heteroatoms. The van der Waals surface area contributed by atoms with E-state index in [1.807, 2.05) is 6.92 Å². The van der Waals surface area contributed by atoms with Gasteiger partial charge in [-0.1, -0.05) is 13.3 Å². The minimum Gasteiger partial charge on any atom is -0.356 e. The second-order valence-electron chi connectivity index (χ2n) is 5.00. The number of rotatable bonds is 4. The van der Waals surface area contributed by atoms with Crippen molar-refractivity contribution in [1.29, 1.82) is 0 Å². The van der Waals surface area contributed by atoms with Crippen molar-refractivity contribution in [2.45, 2.75) is 39.0 Å². The molecule has 2 rings (SSSR count). The normalized spacial score (nSPS) is 19.9. The summed E-state index contributed by atoms with van der Waals surface area (Å²) in [5, 5.41) is 0. The minimum absolute atomic E-state index is 0.572. The first-order valence-electron chi connectivity index (χ1n) is 6.51. The van der Waals surface area contributed by atoms with E-state index in [9.17, 15) is 0 Å². The van der Waals surface area contributed by atoms with Crippen molar-refractivity contribution in [3.8, 4) is 0 Å². The number of aryl methyl sites for hydroxylation is 1. The molecular formula is C14H21ClN2. The maximum absolute atomic E-state index is 5.91. The SMILES string of the molecule is CCCC1CCN(c2cc(CCl)cc(C)n2)C1. The Balaban J connectivity index is 2.10. The Hall–Kier alpha value is -0.760. The Morgan fingerprint density at radius 1 is 1.47 bits per heavy atom. The molecule has 1 fully saturated rings. The molecule has 17 heavy (non-hydrogen) atoms. The van der Waals surface area contributed by atoms with Crippen LogP contribution >= 0.6 is 11.6 Å². The summed E-state index contributed by atoms with van der Waals surface area (Å²) in [6.45, 7) is 6.60. The highest BCUT2D eigenvalue weighted by atomic mass is 35.5. The van der Waals surface area contributed by atoms with Gasteiger partial charge in [0.1, 0.15) is 5.82 Å². The topological polar surface area (TPSA) is 16.1 Å². The van der Waals surface area contributed by atoms with Crippen molar-refractivity contribution in [1.82, 2.24) is 4.98 Å². The van der Waals surface area contributed by atoms with Gasteiger partial charge in [-0.15, -0.1) is 11.6 Å². The van der Waals surface area contributed by atoms with Crippen LogP contribution in [0.25, 0.3) is 0 Å². The molecule has 94 valence electrons. The third-order valence-electron chi connectivity index (χ3n) is 3.46. The van der Waals surface area contributed by atoms with Crippen LogP contribution in [0.1, 0.15) is 37.4 Å². The van der Waals surface area contributed by atoms with Crippen LogP contribution in [0.3, 0.4) is 0 Å². The molecule has 0 aromatic carbocycles. The van der Waals surface area contributed by atoms with E-state index >= 15 is 0 Å². The smallest absolute Gasteiger partial charge is 0.129 e. The molecule has 0 N–H and O–H groups in total. The summed E-state index contributed by atoms with van der Waals surface area (Å²) in [5.41, 5.74) is 2.24. The maximum atomic E-state index is 5.91. The largest absolute Gasteiger partial charge is 0.356 e. The van der Waals surface area contributed by atoms with Crippen LogP contribution in [-0.4, -0.2) is 18.1 Å². The lowest BCUT2D eigenvalue weighted by molar-refractivity contribution is 0.529. The predicted molar refractivity (Wildman–Crippen MR) is 73.8 cm³/mol. The van der Waals surface area contributed by atoms with E-state index in [-0.39, 0.29) is 0 Å². The van der Waals surface area contributed by atoms with E-state index in [4.69, 9.17) is 11.6 Å². The molecule has 1 aliphatic rings. The zero-order chi connectivity index (χ0) is 12.3. The minimum atomic E-state index is 0.572. The van der Waals surface area contributed by atoms with Crippen LogP contribution in [0, 0.1) is 12.8 Å². The number of hydrogen-bond donors (Lipinski definition) is 0. The van der Waals surface area contributed by atoms with Gasteiger partial charge in [0.2, 0.25) is 0 Å². The van der Waals surface area contributed by atoms with E-state index in [2.05, 4.69) is 28.9 Å². The zero-order valence-electron chi connectivity index (χ0n) is 10.7. The molecule has 0 amide bonds. The number of anilines is 1. The molecule has 1 unspecified atom stereocenters. The number of hydrogen-bond acceptors (Lipinski definition) is 2. The third kappa shape index (κ3) is 3.12. The number of alkyl halides is 1. The van der Waals surface area contributed by atoms with E-state index in [0.717, 1.165) is 30.5 Å². The van der Waals surface area contributed by atoms with E-state index < -0.39 is 0 Å². The van der Waals surface area contributed by atoms with Crippen molar-refractivity contribution in [2.24, 2.45) is 5.92 Å². The van der Waals surface area contributed by atoms with Crippen molar-refractivity contribution in [3.05, 3.63) is 23.4 Å². The first-order chi connectivity index (χ1) is 8.22. The Kier molecular flexibility index (Phi) is 4.27. The lowest BCUT2D eigenvalue weighted by Gasteiger charge is -2.18. The molecule has 0 spiro atoms. The average Bonchev–Trinajstić information content (AvgIpc) is 2.77. The van der Waals surface area contributed by atoms with E-state index in [1.165, 1.54) is 24.8 Å². The molecule has 2 nitrogen and oxygen atoms in total.